The van der Waals surface area contributed by atoms with E-state index in [4.69, 9.17) is 9.47 Å². The Hall–Kier alpha value is -3.02. The quantitative estimate of drug-likeness (QED) is 0.739. The normalized spacial score (nSPS) is 16.0. The number of carbonyl (C=O) groups excluding carboxylic acids is 1. The second-order valence-electron chi connectivity index (χ2n) is 6.79. The molecule has 6 heteroatoms. The topological polar surface area (TPSA) is 63.4 Å². The van der Waals surface area contributed by atoms with Crippen molar-refractivity contribution in [3.8, 4) is 11.5 Å². The summed E-state index contributed by atoms with van der Waals surface area (Å²) in [5.41, 5.74) is 3.64. The fourth-order valence-electron chi connectivity index (χ4n) is 3.72. The zero-order valence-corrected chi connectivity index (χ0v) is 15.3. The molecular weight excluding hydrogens is 347 g/mol. The van der Waals surface area contributed by atoms with Crippen molar-refractivity contribution in [3.63, 3.8) is 0 Å². The number of halogens is 1. The van der Waals surface area contributed by atoms with Gasteiger partial charge in [0.2, 0.25) is 0 Å². The zero-order chi connectivity index (χ0) is 19.0. The molecule has 1 aliphatic rings. The first-order chi connectivity index (χ1) is 13.1. The number of amides is 1. The van der Waals surface area contributed by atoms with E-state index < -0.39 is 0 Å². The van der Waals surface area contributed by atoms with Gasteiger partial charge in [-0.25, -0.2) is 4.39 Å². The number of benzene rings is 2. The Morgan fingerprint density at radius 3 is 2.59 bits per heavy atom. The van der Waals surface area contributed by atoms with E-state index in [1.165, 1.54) is 6.07 Å². The Morgan fingerprint density at radius 2 is 1.89 bits per heavy atom. The number of aryl methyl sites for hydroxylation is 1. The van der Waals surface area contributed by atoms with Gasteiger partial charge in [-0.15, -0.1) is 0 Å². The molecule has 27 heavy (non-hydrogen) atoms. The number of fused-ring (bicyclic) bond motifs is 3. The van der Waals surface area contributed by atoms with Gasteiger partial charge in [-0.05, 0) is 55.2 Å². The molecule has 1 atom stereocenters. The maximum absolute atomic E-state index is 13.6. The molecule has 0 fully saturated rings. The average molecular weight is 368 g/mol. The molecule has 0 spiro atoms. The predicted molar refractivity (Wildman–Crippen MR) is 101 cm³/mol. The van der Waals surface area contributed by atoms with E-state index >= 15 is 0 Å². The zero-order valence-electron chi connectivity index (χ0n) is 15.3. The van der Waals surface area contributed by atoms with Gasteiger partial charge >= 0.3 is 0 Å². The highest BCUT2D eigenvalue weighted by Crippen LogP contribution is 2.30. The van der Waals surface area contributed by atoms with Crippen LogP contribution in [0.25, 0.3) is 10.9 Å². The third kappa shape index (κ3) is 3.35. The van der Waals surface area contributed by atoms with Crippen LogP contribution < -0.4 is 14.8 Å². The van der Waals surface area contributed by atoms with Gasteiger partial charge in [0.25, 0.3) is 5.91 Å². The summed E-state index contributed by atoms with van der Waals surface area (Å²) in [6, 6.07) is 9.87. The maximum atomic E-state index is 13.6. The number of carbonyl (C=O) groups is 1. The van der Waals surface area contributed by atoms with Crippen molar-refractivity contribution in [1.82, 2.24) is 10.3 Å². The second-order valence-corrected chi connectivity index (χ2v) is 6.79. The molecule has 1 aromatic heterocycles. The Bertz CT molecular complexity index is 990. The van der Waals surface area contributed by atoms with Crippen LogP contribution >= 0.6 is 0 Å². The third-order valence-corrected chi connectivity index (χ3v) is 5.10. The second kappa shape index (κ2) is 6.95. The highest BCUT2D eigenvalue weighted by molar-refractivity contribution is 5.95. The van der Waals surface area contributed by atoms with Gasteiger partial charge in [-0.2, -0.15) is 0 Å². The molecule has 140 valence electrons. The minimum absolute atomic E-state index is 0.00976. The molecule has 5 nitrogen and oxygen atoms in total. The standard InChI is InChI=1S/C21H21FN2O3/c1-26-15-7-12(8-16(11-15)27-2)21(25)23-14-4-6-20-18(10-14)17-9-13(22)3-5-19(17)24-20/h3,5,7-9,11,14,24H,4,6,10H2,1-2H3,(H,23,25). The van der Waals surface area contributed by atoms with Crippen molar-refractivity contribution >= 4 is 16.8 Å². The predicted octanol–water partition coefficient (Wildman–Crippen LogP) is 3.61. The van der Waals surface area contributed by atoms with Crippen molar-refractivity contribution in [2.24, 2.45) is 0 Å². The number of ether oxygens (including phenoxy) is 2. The first-order valence-electron chi connectivity index (χ1n) is 8.90. The summed E-state index contributed by atoms with van der Waals surface area (Å²) in [6.45, 7) is 0. The third-order valence-electron chi connectivity index (χ3n) is 5.10. The summed E-state index contributed by atoms with van der Waals surface area (Å²) in [4.78, 5) is 16.1. The van der Waals surface area contributed by atoms with E-state index in [1.807, 2.05) is 0 Å². The van der Waals surface area contributed by atoms with E-state index in [0.717, 1.165) is 35.0 Å². The van der Waals surface area contributed by atoms with Gasteiger partial charge in [-0.1, -0.05) is 0 Å². The molecule has 1 aliphatic carbocycles. The monoisotopic (exact) mass is 368 g/mol. The minimum Gasteiger partial charge on any atom is -0.497 e. The summed E-state index contributed by atoms with van der Waals surface area (Å²) in [6.07, 6.45) is 2.32. The highest BCUT2D eigenvalue weighted by Gasteiger charge is 2.24. The Labute approximate surface area is 156 Å². The smallest absolute Gasteiger partial charge is 0.251 e. The van der Waals surface area contributed by atoms with Crippen LogP contribution in [0.4, 0.5) is 4.39 Å². The lowest BCUT2D eigenvalue weighted by molar-refractivity contribution is 0.0933. The molecule has 0 saturated carbocycles. The minimum atomic E-state index is -0.251. The van der Waals surface area contributed by atoms with E-state index in [9.17, 15) is 9.18 Å². The summed E-state index contributed by atoms with van der Waals surface area (Å²) in [5.74, 6) is 0.709. The maximum Gasteiger partial charge on any atom is 0.251 e. The van der Waals surface area contributed by atoms with Crippen LogP contribution in [0.3, 0.4) is 0 Å². The molecule has 1 heterocycles. The van der Waals surface area contributed by atoms with Crippen LogP contribution in [0.15, 0.2) is 36.4 Å². The summed E-state index contributed by atoms with van der Waals surface area (Å²) in [7, 11) is 3.10. The lowest BCUT2D eigenvalue weighted by Crippen LogP contribution is -2.38. The van der Waals surface area contributed by atoms with E-state index in [-0.39, 0.29) is 17.8 Å². The lowest BCUT2D eigenvalue weighted by Gasteiger charge is -2.24. The largest absolute Gasteiger partial charge is 0.497 e. The van der Waals surface area contributed by atoms with Crippen molar-refractivity contribution in [2.75, 3.05) is 14.2 Å². The fourth-order valence-corrected chi connectivity index (χ4v) is 3.72. The van der Waals surface area contributed by atoms with Crippen LogP contribution in [0.2, 0.25) is 0 Å². The number of hydrogen-bond acceptors (Lipinski definition) is 3. The van der Waals surface area contributed by atoms with Crippen LogP contribution in [0.5, 0.6) is 11.5 Å². The molecule has 1 amide bonds. The Balaban J connectivity index is 1.55. The molecule has 2 aromatic carbocycles. The van der Waals surface area contributed by atoms with Gasteiger partial charge in [0.05, 0.1) is 14.2 Å². The number of H-pyrrole nitrogens is 1. The van der Waals surface area contributed by atoms with Crippen LogP contribution in [0.1, 0.15) is 28.0 Å². The van der Waals surface area contributed by atoms with Crippen molar-refractivity contribution in [1.29, 1.82) is 0 Å². The molecular formula is C21H21FN2O3. The van der Waals surface area contributed by atoms with Gasteiger partial charge in [-0.3, -0.25) is 4.79 Å². The van der Waals surface area contributed by atoms with E-state index in [2.05, 4.69) is 10.3 Å². The fraction of sp³-hybridized carbons (Fsp3) is 0.286. The summed E-state index contributed by atoms with van der Waals surface area (Å²) in [5, 5.41) is 3.99. The lowest BCUT2D eigenvalue weighted by atomic mass is 9.91. The molecule has 0 aliphatic heterocycles. The number of aromatic nitrogens is 1. The van der Waals surface area contributed by atoms with Gasteiger partial charge in [0, 0.05) is 34.3 Å². The van der Waals surface area contributed by atoms with Gasteiger partial charge < -0.3 is 19.8 Å². The van der Waals surface area contributed by atoms with Crippen molar-refractivity contribution < 1.29 is 18.7 Å². The molecule has 0 bridgehead atoms. The average Bonchev–Trinajstić information content (AvgIpc) is 3.04. The van der Waals surface area contributed by atoms with Crippen LogP contribution in [-0.4, -0.2) is 31.2 Å². The molecule has 0 saturated heterocycles. The number of nitrogens with one attached hydrogen (secondary N) is 2. The van der Waals surface area contributed by atoms with E-state index in [0.29, 0.717) is 23.5 Å². The van der Waals surface area contributed by atoms with Crippen LogP contribution in [0, 0.1) is 5.82 Å². The molecule has 0 radical (unpaired) electrons. The number of rotatable bonds is 4. The summed E-state index contributed by atoms with van der Waals surface area (Å²) >= 11 is 0. The molecule has 2 N–H and O–H groups in total. The van der Waals surface area contributed by atoms with Crippen LogP contribution in [-0.2, 0) is 12.8 Å². The molecule has 4 rings (SSSR count). The van der Waals surface area contributed by atoms with Gasteiger partial charge in [0.1, 0.15) is 17.3 Å². The Kier molecular flexibility index (Phi) is 4.48. The first-order valence-corrected chi connectivity index (χ1v) is 8.90. The number of hydrogen-bond donors (Lipinski definition) is 2. The SMILES string of the molecule is COc1cc(OC)cc(C(=O)NC2CCc3[nH]c4ccc(F)cc4c3C2)c1. The molecule has 3 aromatic rings. The van der Waals surface area contributed by atoms with Crippen molar-refractivity contribution in [2.45, 2.75) is 25.3 Å². The number of aromatic amines is 1. The van der Waals surface area contributed by atoms with Gasteiger partial charge in [0.15, 0.2) is 0 Å². The van der Waals surface area contributed by atoms with Crippen molar-refractivity contribution in [3.05, 3.63) is 59.0 Å². The Morgan fingerprint density at radius 1 is 1.15 bits per heavy atom. The summed E-state index contributed by atoms with van der Waals surface area (Å²) < 4.78 is 24.1. The first kappa shape index (κ1) is 17.4. The number of methoxy groups -OCH3 is 2. The molecule has 1 unspecified atom stereocenters. The highest BCUT2D eigenvalue weighted by atomic mass is 19.1. The van der Waals surface area contributed by atoms with E-state index in [1.54, 1.807) is 44.6 Å².